The molecular weight excluding hydrogens is 550 g/mol. The number of carbonyl (C=O) groups excluding carboxylic acids is 3. The first-order chi connectivity index (χ1) is 19.5. The van der Waals surface area contributed by atoms with E-state index in [4.69, 9.17) is 9.57 Å². The van der Waals surface area contributed by atoms with Gasteiger partial charge in [0, 0.05) is 25.3 Å². The molecule has 0 aromatic heterocycles. The summed E-state index contributed by atoms with van der Waals surface area (Å²) in [5, 5.41) is 5.35. The van der Waals surface area contributed by atoms with E-state index in [1.165, 1.54) is 12.1 Å². The lowest BCUT2D eigenvalue weighted by molar-refractivity contribution is -0.202. The first-order valence-electron chi connectivity index (χ1n) is 13.6. The number of benzene rings is 2. The summed E-state index contributed by atoms with van der Waals surface area (Å²) in [7, 11) is -3.93. The molecule has 12 nitrogen and oxygen atoms in total. The molecule has 0 saturated carbocycles. The van der Waals surface area contributed by atoms with Gasteiger partial charge < -0.3 is 15.4 Å². The van der Waals surface area contributed by atoms with Crippen LogP contribution in [0.25, 0.3) is 0 Å². The summed E-state index contributed by atoms with van der Waals surface area (Å²) in [6.45, 7) is 4.03. The summed E-state index contributed by atoms with van der Waals surface area (Å²) in [5.41, 5.74) is 5.66. The number of hydrogen-bond acceptors (Lipinski definition) is 7. The van der Waals surface area contributed by atoms with Crippen molar-refractivity contribution in [2.75, 3.05) is 29.1 Å². The Balaban J connectivity index is 1.83. The quantitative estimate of drug-likeness (QED) is 0.262. The van der Waals surface area contributed by atoms with E-state index in [9.17, 15) is 22.8 Å². The van der Waals surface area contributed by atoms with E-state index in [-0.39, 0.29) is 24.6 Å². The predicted octanol–water partition coefficient (Wildman–Crippen LogP) is 3.16. The van der Waals surface area contributed by atoms with Crippen molar-refractivity contribution in [1.29, 1.82) is 0 Å². The van der Waals surface area contributed by atoms with Gasteiger partial charge in [0.25, 0.3) is 0 Å². The lowest BCUT2D eigenvalue weighted by Crippen LogP contribution is -2.53. The fraction of sp³-hybridized carbons (Fsp3) is 0.464. The lowest BCUT2D eigenvalue weighted by atomic mass is 9.84. The number of urea groups is 1. The van der Waals surface area contributed by atoms with Gasteiger partial charge in [-0.25, -0.2) is 23.5 Å². The van der Waals surface area contributed by atoms with Crippen LogP contribution in [-0.2, 0) is 29.2 Å². The molecule has 2 aromatic rings. The zero-order valence-corrected chi connectivity index (χ0v) is 24.4. The molecule has 0 bridgehead atoms. The Labute approximate surface area is 241 Å². The average Bonchev–Trinajstić information content (AvgIpc) is 2.95. The number of amides is 4. The number of hydroxylamine groups is 1. The number of hydrogen-bond donors (Lipinski definition) is 4. The highest BCUT2D eigenvalue weighted by molar-refractivity contribution is 7.92. The molecule has 3 rings (SSSR count). The Morgan fingerprint density at radius 1 is 0.976 bits per heavy atom. The highest BCUT2D eigenvalue weighted by atomic mass is 32.2. The first-order valence-corrected chi connectivity index (χ1v) is 15.4. The molecule has 1 saturated heterocycles. The van der Waals surface area contributed by atoms with Gasteiger partial charge in [-0.05, 0) is 49.4 Å². The monoisotopic (exact) mass is 589 g/mol. The molecule has 0 radical (unpaired) electrons. The lowest BCUT2D eigenvalue weighted by Gasteiger charge is -2.31. The van der Waals surface area contributed by atoms with Gasteiger partial charge in [0.2, 0.25) is 21.8 Å². The molecule has 1 heterocycles. The third-order valence-electron chi connectivity index (χ3n) is 6.36. The molecule has 1 aliphatic rings. The molecule has 224 valence electrons. The van der Waals surface area contributed by atoms with Crippen molar-refractivity contribution in [3.63, 3.8) is 0 Å². The molecule has 2 aromatic carbocycles. The normalized spacial score (nSPS) is 16.7. The number of ether oxygens (including phenoxy) is 1. The van der Waals surface area contributed by atoms with Crippen LogP contribution in [0, 0.1) is 17.8 Å². The maximum atomic E-state index is 13.7. The fourth-order valence-corrected chi connectivity index (χ4v) is 5.13. The third-order valence-corrected chi connectivity index (χ3v) is 7.33. The highest BCUT2D eigenvalue weighted by Crippen LogP contribution is 2.24. The molecular formula is C28H39N5O7S. The van der Waals surface area contributed by atoms with Crippen LogP contribution in [0.1, 0.15) is 39.5 Å². The van der Waals surface area contributed by atoms with Gasteiger partial charge in [-0.3, -0.25) is 15.0 Å². The van der Waals surface area contributed by atoms with Gasteiger partial charge in [-0.15, -0.1) is 0 Å². The number of carbonyl (C=O) groups is 3. The van der Waals surface area contributed by atoms with Crippen molar-refractivity contribution in [3.8, 4) is 0 Å². The number of para-hydroxylation sites is 2. The third kappa shape index (κ3) is 10.3. The van der Waals surface area contributed by atoms with Crippen molar-refractivity contribution in [1.82, 2.24) is 16.2 Å². The van der Waals surface area contributed by atoms with Crippen LogP contribution in [0.4, 0.5) is 16.2 Å². The van der Waals surface area contributed by atoms with Crippen molar-refractivity contribution in [2.24, 2.45) is 17.8 Å². The topological polar surface area (TPSA) is 155 Å². The molecule has 1 unspecified atom stereocenters. The van der Waals surface area contributed by atoms with Crippen LogP contribution in [-0.4, -0.2) is 52.0 Å². The summed E-state index contributed by atoms with van der Waals surface area (Å²) in [6, 6.07) is 16.3. The van der Waals surface area contributed by atoms with Gasteiger partial charge in [0.1, 0.15) is 0 Å². The van der Waals surface area contributed by atoms with Crippen LogP contribution < -0.4 is 26.0 Å². The van der Waals surface area contributed by atoms with E-state index in [0.29, 0.717) is 18.7 Å². The van der Waals surface area contributed by atoms with E-state index in [1.54, 1.807) is 42.5 Å². The molecule has 0 aliphatic carbocycles. The minimum Gasteiger partial charge on any atom is -0.350 e. The van der Waals surface area contributed by atoms with Gasteiger partial charge in [-0.1, -0.05) is 50.2 Å². The summed E-state index contributed by atoms with van der Waals surface area (Å²) >= 11 is 0. The minimum atomic E-state index is -3.93. The number of sulfonamides is 1. The number of rotatable bonds is 13. The molecule has 1 fully saturated rings. The molecule has 4 amide bonds. The molecule has 0 spiro atoms. The highest BCUT2D eigenvalue weighted by Gasteiger charge is 2.37. The van der Waals surface area contributed by atoms with Crippen LogP contribution in [0.5, 0.6) is 0 Å². The van der Waals surface area contributed by atoms with E-state index in [0.717, 1.165) is 23.5 Å². The summed E-state index contributed by atoms with van der Waals surface area (Å²) in [6.07, 6.45) is 2.93. The number of nitrogens with one attached hydrogen (secondary N) is 4. The van der Waals surface area contributed by atoms with Crippen molar-refractivity contribution in [3.05, 3.63) is 60.7 Å². The van der Waals surface area contributed by atoms with Crippen molar-refractivity contribution < 1.29 is 32.4 Å². The van der Waals surface area contributed by atoms with E-state index >= 15 is 0 Å². The Bertz CT molecular complexity index is 1240. The van der Waals surface area contributed by atoms with Crippen LogP contribution in [0.15, 0.2) is 60.7 Å². The second-order valence-corrected chi connectivity index (χ2v) is 12.1. The fourth-order valence-electron chi connectivity index (χ4n) is 4.37. The van der Waals surface area contributed by atoms with Crippen molar-refractivity contribution >= 4 is 39.2 Å². The Hall–Kier alpha value is -3.68. The zero-order valence-electron chi connectivity index (χ0n) is 23.5. The minimum absolute atomic E-state index is 0.0507. The maximum absolute atomic E-state index is 13.7. The zero-order chi connectivity index (χ0) is 29.8. The second-order valence-electron chi connectivity index (χ2n) is 10.3. The first kappa shape index (κ1) is 31.8. The Morgan fingerprint density at radius 2 is 1.63 bits per heavy atom. The van der Waals surface area contributed by atoms with E-state index in [2.05, 4.69) is 21.5 Å². The van der Waals surface area contributed by atoms with E-state index < -0.39 is 46.0 Å². The molecule has 4 N–H and O–H groups in total. The molecule has 1 aliphatic heterocycles. The van der Waals surface area contributed by atoms with E-state index in [1.807, 2.05) is 19.9 Å². The Kier molecular flexibility index (Phi) is 11.9. The number of anilines is 2. The number of nitrogens with zero attached hydrogens (tertiary/aromatic N) is 1. The van der Waals surface area contributed by atoms with Gasteiger partial charge in [-0.2, -0.15) is 4.41 Å². The molecule has 3 atom stereocenters. The molecule has 13 heteroatoms. The summed E-state index contributed by atoms with van der Waals surface area (Å²) in [5.74, 6) is -3.54. The van der Waals surface area contributed by atoms with Crippen molar-refractivity contribution in [2.45, 2.75) is 45.8 Å². The van der Waals surface area contributed by atoms with Gasteiger partial charge >= 0.3 is 6.03 Å². The van der Waals surface area contributed by atoms with Gasteiger partial charge in [0.15, 0.2) is 6.29 Å². The SMILES string of the molecule is CC(C)C[C@@H](C(=O)NN(c1ccccc1)S(C)(=O)=O)[C@H](CNC(=O)Nc1ccccc1)C(=O)NOC1CCCCO1. The Morgan fingerprint density at radius 3 is 2.22 bits per heavy atom. The second kappa shape index (κ2) is 15.4. The van der Waals surface area contributed by atoms with Crippen LogP contribution in [0.2, 0.25) is 0 Å². The summed E-state index contributed by atoms with van der Waals surface area (Å²) < 4.78 is 31.5. The molecule has 41 heavy (non-hydrogen) atoms. The van der Waals surface area contributed by atoms with Crippen LogP contribution in [0.3, 0.4) is 0 Å². The predicted molar refractivity (Wildman–Crippen MR) is 155 cm³/mol. The average molecular weight is 590 g/mol. The maximum Gasteiger partial charge on any atom is 0.319 e. The number of hydrazine groups is 1. The van der Waals surface area contributed by atoms with Crippen LogP contribution >= 0.6 is 0 Å². The standard InChI is InChI=1S/C28H39N5O7S/c1-20(2)18-23(26(34)31-33(41(3,37)38)22-14-8-5-9-15-22)24(27(35)32-40-25-16-10-11-17-39-25)19-29-28(36)30-21-12-6-4-7-13-21/h4-9,12-15,20,23-25H,10-11,16-19H2,1-3H3,(H,31,34)(H,32,35)(H2,29,30,36)/t23-,24+,25?/m1/s1. The summed E-state index contributed by atoms with van der Waals surface area (Å²) in [4.78, 5) is 45.3. The largest absolute Gasteiger partial charge is 0.350 e. The van der Waals surface area contributed by atoms with Gasteiger partial charge in [0.05, 0.1) is 23.8 Å². The smallest absolute Gasteiger partial charge is 0.319 e.